The number of fused-ring (bicyclic) bond motifs is 2. The Morgan fingerprint density at radius 2 is 1.77 bits per heavy atom. The highest BCUT2D eigenvalue weighted by Crippen LogP contribution is 2.44. The summed E-state index contributed by atoms with van der Waals surface area (Å²) in [5, 5.41) is 0.709. The van der Waals surface area contributed by atoms with E-state index in [1.54, 1.807) is 36.4 Å². The average molecular weight is 613 g/mol. The second-order valence-corrected chi connectivity index (χ2v) is 10.4. The molecule has 0 fully saturated rings. The van der Waals surface area contributed by atoms with Crippen molar-refractivity contribution in [2.24, 2.45) is 0 Å². The van der Waals surface area contributed by atoms with E-state index in [9.17, 15) is 9.59 Å². The Kier molecular flexibility index (Phi) is 7.86. The molecule has 4 aromatic rings. The Morgan fingerprint density at radius 1 is 0.974 bits per heavy atom. The molecule has 2 heterocycles. The second-order valence-electron chi connectivity index (χ2n) is 9.05. The SMILES string of the molecule is CCCCOc1ccc(C2c3c(oc4ccc(Br)cc4c3=O)C(=O)N2c2ccc(OC)c(Cl)c2)cc1OCC. The lowest BCUT2D eigenvalue weighted by molar-refractivity contribution is 0.0971. The number of hydrogen-bond acceptors (Lipinski definition) is 6. The summed E-state index contributed by atoms with van der Waals surface area (Å²) in [4.78, 5) is 29.4. The van der Waals surface area contributed by atoms with Crippen LogP contribution in [-0.4, -0.2) is 26.2 Å². The Morgan fingerprint density at radius 3 is 2.49 bits per heavy atom. The normalized spacial score (nSPS) is 14.5. The quantitative estimate of drug-likeness (QED) is 0.182. The van der Waals surface area contributed by atoms with Crippen molar-refractivity contribution in [1.82, 2.24) is 0 Å². The fourth-order valence-electron chi connectivity index (χ4n) is 4.74. The van der Waals surface area contributed by atoms with Gasteiger partial charge in [-0.1, -0.05) is 46.9 Å². The molecule has 1 amide bonds. The van der Waals surface area contributed by atoms with Gasteiger partial charge >= 0.3 is 0 Å². The maximum atomic E-state index is 13.9. The number of nitrogens with zero attached hydrogens (tertiary/aromatic N) is 1. The zero-order valence-corrected chi connectivity index (χ0v) is 24.1. The van der Waals surface area contributed by atoms with Crippen LogP contribution < -0.4 is 24.5 Å². The number of hydrogen-bond donors (Lipinski definition) is 0. The van der Waals surface area contributed by atoms with Crippen LogP contribution in [0.5, 0.6) is 17.2 Å². The number of halogens is 2. The van der Waals surface area contributed by atoms with E-state index >= 15 is 0 Å². The van der Waals surface area contributed by atoms with Crippen molar-refractivity contribution >= 4 is 50.1 Å². The zero-order chi connectivity index (χ0) is 27.7. The van der Waals surface area contributed by atoms with Gasteiger partial charge in [-0.15, -0.1) is 0 Å². The van der Waals surface area contributed by atoms with Crippen LogP contribution in [0.3, 0.4) is 0 Å². The highest BCUT2D eigenvalue weighted by molar-refractivity contribution is 9.10. The molecule has 0 saturated heterocycles. The number of rotatable bonds is 9. The molecule has 1 unspecified atom stereocenters. The molecule has 0 saturated carbocycles. The minimum Gasteiger partial charge on any atom is -0.495 e. The molecular formula is C30H27BrClNO6. The minimum absolute atomic E-state index is 0.00649. The number of carbonyl (C=O) groups is 1. The summed E-state index contributed by atoms with van der Waals surface area (Å²) < 4.78 is 24.0. The molecule has 1 aliphatic rings. The van der Waals surface area contributed by atoms with Crippen LogP contribution in [0.4, 0.5) is 5.69 Å². The fraction of sp³-hybridized carbons (Fsp3) is 0.267. The third-order valence-corrected chi connectivity index (χ3v) is 7.37. The number of ether oxygens (including phenoxy) is 3. The van der Waals surface area contributed by atoms with Crippen LogP contribution in [0.2, 0.25) is 5.02 Å². The third kappa shape index (κ3) is 4.99. The van der Waals surface area contributed by atoms with Crippen molar-refractivity contribution in [2.75, 3.05) is 25.2 Å². The van der Waals surface area contributed by atoms with Crippen LogP contribution in [0.15, 0.2) is 68.3 Å². The van der Waals surface area contributed by atoms with Crippen molar-refractivity contribution in [3.63, 3.8) is 0 Å². The van der Waals surface area contributed by atoms with Crippen LogP contribution in [0.25, 0.3) is 11.0 Å². The third-order valence-electron chi connectivity index (χ3n) is 6.58. The number of carbonyl (C=O) groups excluding carboxylic acids is 1. The average Bonchev–Trinajstić information content (AvgIpc) is 3.22. The van der Waals surface area contributed by atoms with Crippen LogP contribution in [-0.2, 0) is 0 Å². The second kappa shape index (κ2) is 11.3. The maximum Gasteiger partial charge on any atom is 0.295 e. The Labute approximate surface area is 239 Å². The summed E-state index contributed by atoms with van der Waals surface area (Å²) in [6, 6.07) is 14.9. The molecule has 0 spiro atoms. The van der Waals surface area contributed by atoms with Gasteiger partial charge in [-0.05, 0) is 67.4 Å². The standard InChI is InChI=1S/C30H27BrClNO6/c1-4-6-13-38-24-10-7-17(14-25(24)37-5-2)27-26-28(34)20-15-18(31)8-11-22(20)39-29(26)30(35)33(27)19-9-12-23(36-3)21(32)16-19/h7-12,14-16,27H,4-6,13H2,1-3H3. The van der Waals surface area contributed by atoms with Gasteiger partial charge in [-0.25, -0.2) is 0 Å². The van der Waals surface area contributed by atoms with Gasteiger partial charge in [0.2, 0.25) is 5.76 Å². The Hall–Kier alpha value is -3.49. The summed E-state index contributed by atoms with van der Waals surface area (Å²) in [6.07, 6.45) is 1.91. The van der Waals surface area contributed by atoms with E-state index < -0.39 is 11.9 Å². The van der Waals surface area contributed by atoms with Crippen molar-refractivity contribution < 1.29 is 23.4 Å². The molecule has 7 nitrogen and oxygen atoms in total. The first-order valence-corrected chi connectivity index (χ1v) is 13.9. The number of methoxy groups -OCH3 is 1. The van der Waals surface area contributed by atoms with Crippen LogP contribution >= 0.6 is 27.5 Å². The maximum absolute atomic E-state index is 13.9. The fourth-order valence-corrected chi connectivity index (χ4v) is 5.35. The molecule has 1 aliphatic heterocycles. The van der Waals surface area contributed by atoms with E-state index in [4.69, 9.17) is 30.2 Å². The Balaban J connectivity index is 1.72. The molecule has 202 valence electrons. The molecule has 0 radical (unpaired) electrons. The molecule has 39 heavy (non-hydrogen) atoms. The van der Waals surface area contributed by atoms with E-state index in [2.05, 4.69) is 22.9 Å². The highest BCUT2D eigenvalue weighted by Gasteiger charge is 2.44. The van der Waals surface area contributed by atoms with Crippen LogP contribution in [0.1, 0.15) is 54.4 Å². The number of benzene rings is 3. The lowest BCUT2D eigenvalue weighted by atomic mass is 9.97. The highest BCUT2D eigenvalue weighted by atomic mass is 79.9. The van der Waals surface area contributed by atoms with Gasteiger partial charge in [0, 0.05) is 10.2 Å². The van der Waals surface area contributed by atoms with Gasteiger partial charge in [-0.2, -0.15) is 0 Å². The molecule has 0 N–H and O–H groups in total. The van der Waals surface area contributed by atoms with Gasteiger partial charge in [0.05, 0.1) is 42.3 Å². The largest absolute Gasteiger partial charge is 0.495 e. The van der Waals surface area contributed by atoms with Gasteiger partial charge < -0.3 is 18.6 Å². The molecule has 0 bridgehead atoms. The smallest absolute Gasteiger partial charge is 0.295 e. The van der Waals surface area contributed by atoms with Crippen molar-refractivity contribution in [3.8, 4) is 17.2 Å². The number of amides is 1. The van der Waals surface area contributed by atoms with Gasteiger partial charge in [0.1, 0.15) is 11.3 Å². The molecule has 1 aromatic heterocycles. The van der Waals surface area contributed by atoms with Crippen molar-refractivity contribution in [3.05, 3.63) is 91.2 Å². The van der Waals surface area contributed by atoms with E-state index in [0.29, 0.717) is 57.7 Å². The first-order valence-electron chi connectivity index (χ1n) is 12.7. The van der Waals surface area contributed by atoms with E-state index in [-0.39, 0.29) is 16.8 Å². The van der Waals surface area contributed by atoms with Crippen molar-refractivity contribution in [1.29, 1.82) is 0 Å². The zero-order valence-electron chi connectivity index (χ0n) is 21.8. The summed E-state index contributed by atoms with van der Waals surface area (Å²) in [5.41, 5.74) is 1.46. The summed E-state index contributed by atoms with van der Waals surface area (Å²) >= 11 is 9.89. The summed E-state index contributed by atoms with van der Waals surface area (Å²) in [7, 11) is 1.52. The molecule has 9 heteroatoms. The predicted molar refractivity (Wildman–Crippen MR) is 155 cm³/mol. The van der Waals surface area contributed by atoms with Gasteiger partial charge in [0.15, 0.2) is 16.9 Å². The van der Waals surface area contributed by atoms with Gasteiger partial charge in [-0.3, -0.25) is 14.5 Å². The van der Waals surface area contributed by atoms with E-state index in [1.165, 1.54) is 12.0 Å². The van der Waals surface area contributed by atoms with Crippen molar-refractivity contribution in [2.45, 2.75) is 32.7 Å². The van der Waals surface area contributed by atoms with Crippen LogP contribution in [0, 0.1) is 0 Å². The molecular weight excluding hydrogens is 586 g/mol. The lowest BCUT2D eigenvalue weighted by Crippen LogP contribution is -2.29. The number of anilines is 1. The first-order chi connectivity index (χ1) is 18.9. The molecule has 1 atom stereocenters. The monoisotopic (exact) mass is 611 g/mol. The van der Waals surface area contributed by atoms with E-state index in [1.807, 2.05) is 25.1 Å². The molecule has 5 rings (SSSR count). The van der Waals surface area contributed by atoms with E-state index in [0.717, 1.165) is 17.3 Å². The molecule has 0 aliphatic carbocycles. The first kappa shape index (κ1) is 27.1. The lowest BCUT2D eigenvalue weighted by Gasteiger charge is -2.26. The summed E-state index contributed by atoms with van der Waals surface area (Å²) in [5.74, 6) is 1.16. The summed E-state index contributed by atoms with van der Waals surface area (Å²) in [6.45, 7) is 4.97. The predicted octanol–water partition coefficient (Wildman–Crippen LogP) is 7.54. The topological polar surface area (TPSA) is 78.2 Å². The minimum atomic E-state index is -0.791. The van der Waals surface area contributed by atoms with Gasteiger partial charge in [0.25, 0.3) is 5.91 Å². The molecule has 3 aromatic carbocycles. The Bertz CT molecular complexity index is 1620. The number of unbranched alkanes of at least 4 members (excludes halogenated alkanes) is 1.